The van der Waals surface area contributed by atoms with Gasteiger partial charge < -0.3 is 19.9 Å². The third-order valence-electron chi connectivity index (χ3n) is 15.0. The standard InChI is InChI=1S/C60H48N8O8S4Si/c1-36-34-35-45(77-38-20-9-5-10-21-38)52-49(36)54-62-55(52)63-56-43-29-18-31-46(78(69,70)39-22-11-6-12-23-39)50(43)58(61-4)67(56)81(75,76)68-57(44-30-19-32-47(51(44)59(68)64-54)79(71,72)40-24-13-7-14-25-40)66-60(3)53-42(37(2)65-60)28-17-33-48(53)80(73,74)41-26-15-8-16-27-41/h5-33,35-36,62,65,75-76H,2,34H2,1,3-4H3. The molecule has 0 amide bonds. The van der Waals surface area contributed by atoms with Crippen molar-refractivity contribution in [3.8, 4) is 0 Å². The van der Waals surface area contributed by atoms with Crippen molar-refractivity contribution in [2.45, 2.75) is 66.1 Å². The van der Waals surface area contributed by atoms with Crippen LogP contribution >= 0.6 is 11.8 Å². The maximum Gasteiger partial charge on any atom is 0.597 e. The first kappa shape index (κ1) is 52.1. The summed E-state index contributed by atoms with van der Waals surface area (Å²) >= 11 is 1.50. The molecule has 2 atom stereocenters. The van der Waals surface area contributed by atoms with E-state index in [9.17, 15) is 26.4 Å². The number of rotatable bonds is 9. The van der Waals surface area contributed by atoms with Crippen LogP contribution in [0, 0.1) is 0 Å². The molecular formula is C60H48N8O8S4Si. The molecule has 21 heteroatoms. The number of thioether (sulfide) groups is 1. The summed E-state index contributed by atoms with van der Waals surface area (Å²) in [5.74, 6) is -0.517. The van der Waals surface area contributed by atoms with Gasteiger partial charge in [0.2, 0.25) is 29.5 Å². The summed E-state index contributed by atoms with van der Waals surface area (Å²) in [4.78, 5) is 53.6. The van der Waals surface area contributed by atoms with Crippen molar-refractivity contribution in [2.75, 3.05) is 7.05 Å². The fourth-order valence-electron chi connectivity index (χ4n) is 11.4. The lowest BCUT2D eigenvalue weighted by Crippen LogP contribution is -2.70. The molecule has 7 aromatic carbocycles. The summed E-state index contributed by atoms with van der Waals surface area (Å²) in [5, 5.41) is 3.33. The van der Waals surface area contributed by atoms with Crippen LogP contribution in [0.5, 0.6) is 0 Å². The average Bonchev–Trinajstić information content (AvgIpc) is 4.23. The second kappa shape index (κ2) is 18.9. The molecule has 2 unspecified atom stereocenters. The van der Waals surface area contributed by atoms with E-state index in [2.05, 4.69) is 23.0 Å². The number of H-pyrrole nitrogens is 1. The number of aromatic amines is 1. The topological polar surface area (TPSA) is 227 Å². The Morgan fingerprint density at radius 2 is 1.10 bits per heavy atom. The van der Waals surface area contributed by atoms with Crippen LogP contribution in [-0.4, -0.2) is 88.2 Å². The van der Waals surface area contributed by atoms with Gasteiger partial charge in [0.05, 0.1) is 29.4 Å². The molecule has 16 nitrogen and oxygen atoms in total. The zero-order valence-electron chi connectivity index (χ0n) is 43.5. The SMILES string of the molecule is C=C1NC(C)(N=C2c3cccc(S(=O)(=O)c4ccccc4)c3C3=Nc4[nH]c(c5c4C(C)CC=C5Sc4ccccc4)N=C4c5cccc(S(=O)(=O)c6ccccc6)c5C(=NC)N4[Si](O)(O)N23)c2c1cccc2S(=O)(=O)c1ccccc1. The zero-order chi connectivity index (χ0) is 56.4. The molecule has 4 N–H and O–H groups in total. The maximum absolute atomic E-state index is 15.4. The zero-order valence-corrected chi connectivity index (χ0v) is 47.7. The number of nitrogens with one attached hydrogen (secondary N) is 2. The Labute approximate surface area is 473 Å². The van der Waals surface area contributed by atoms with Gasteiger partial charge in [-0.1, -0.05) is 141 Å². The first-order valence-corrected chi connectivity index (χ1v) is 32.7. The molecular weight excluding hydrogens is 1120 g/mol. The van der Waals surface area contributed by atoms with Crippen LogP contribution in [0.4, 0.5) is 11.6 Å². The Bertz CT molecular complexity index is 4530. The van der Waals surface area contributed by atoms with E-state index in [0.717, 1.165) is 18.9 Å². The predicted molar refractivity (Wildman–Crippen MR) is 314 cm³/mol. The lowest BCUT2D eigenvalue weighted by atomic mass is 9.90. The molecule has 5 aliphatic rings. The number of allylic oxidation sites excluding steroid dienone is 1. The van der Waals surface area contributed by atoms with E-state index in [-0.39, 0.29) is 98.1 Å². The van der Waals surface area contributed by atoms with Gasteiger partial charge in [-0.2, -0.15) is 0 Å². The maximum atomic E-state index is 15.4. The van der Waals surface area contributed by atoms with Crippen LogP contribution in [0.1, 0.15) is 70.7 Å². The van der Waals surface area contributed by atoms with Crippen LogP contribution < -0.4 is 5.32 Å². The number of benzene rings is 7. The van der Waals surface area contributed by atoms with Crippen LogP contribution in [0.25, 0.3) is 10.6 Å². The van der Waals surface area contributed by atoms with Crippen molar-refractivity contribution in [1.29, 1.82) is 0 Å². The normalized spacial score (nSPS) is 19.8. The highest BCUT2D eigenvalue weighted by atomic mass is 32.2. The first-order chi connectivity index (χ1) is 38.9. The van der Waals surface area contributed by atoms with Gasteiger partial charge in [0.15, 0.2) is 5.66 Å². The lowest BCUT2D eigenvalue weighted by molar-refractivity contribution is 0.275. The number of sulfone groups is 3. The monoisotopic (exact) mass is 1160 g/mol. The summed E-state index contributed by atoms with van der Waals surface area (Å²) in [6.45, 7) is 7.95. The molecule has 8 aromatic rings. The number of aromatic nitrogens is 1. The Hall–Kier alpha value is -8.28. The molecule has 2 bridgehead atoms. The van der Waals surface area contributed by atoms with Crippen molar-refractivity contribution in [3.05, 3.63) is 233 Å². The van der Waals surface area contributed by atoms with E-state index in [4.69, 9.17) is 20.0 Å². The van der Waals surface area contributed by atoms with Crippen molar-refractivity contribution < 1.29 is 34.8 Å². The highest BCUT2D eigenvalue weighted by Gasteiger charge is 2.62. The minimum Gasteiger partial charge on any atom is -0.377 e. The van der Waals surface area contributed by atoms with Gasteiger partial charge in [0, 0.05) is 67.1 Å². The van der Waals surface area contributed by atoms with Gasteiger partial charge >= 0.3 is 8.88 Å². The number of aliphatic imine (C=N–C) groups is 4. The van der Waals surface area contributed by atoms with Crippen molar-refractivity contribution in [1.82, 2.24) is 19.4 Å². The van der Waals surface area contributed by atoms with Crippen LogP contribution in [0.2, 0.25) is 0 Å². The minimum atomic E-state index is -5.85. The summed E-state index contributed by atoms with van der Waals surface area (Å²) in [7, 11) is -17.6. The van der Waals surface area contributed by atoms with E-state index in [1.807, 2.05) is 37.3 Å². The van der Waals surface area contributed by atoms with Gasteiger partial charge in [0.25, 0.3) is 0 Å². The number of nitrogens with zero attached hydrogens (tertiary/aromatic N) is 6. The molecule has 81 heavy (non-hydrogen) atoms. The molecule has 0 saturated carbocycles. The molecule has 0 fully saturated rings. The Balaban J connectivity index is 1.15. The minimum absolute atomic E-state index is 0.0130. The molecule has 5 heterocycles. The Morgan fingerprint density at radius 3 is 1.68 bits per heavy atom. The predicted octanol–water partition coefficient (Wildman–Crippen LogP) is 9.94. The van der Waals surface area contributed by atoms with Gasteiger partial charge in [-0.25, -0.2) is 40.2 Å². The number of hydrogen-bond acceptors (Lipinski definition) is 14. The number of hydrogen-bond donors (Lipinski definition) is 4. The van der Waals surface area contributed by atoms with Gasteiger partial charge in [0.1, 0.15) is 35.0 Å². The largest absolute Gasteiger partial charge is 0.597 e. The van der Waals surface area contributed by atoms with Crippen molar-refractivity contribution in [3.63, 3.8) is 0 Å². The molecule has 13 rings (SSSR count). The second-order valence-corrected chi connectivity index (χ2v) is 29.0. The molecule has 404 valence electrons. The number of fused-ring (bicyclic) bond motifs is 12. The van der Waals surface area contributed by atoms with Gasteiger partial charge in [-0.15, -0.1) is 0 Å². The van der Waals surface area contributed by atoms with E-state index >= 15 is 8.42 Å². The van der Waals surface area contributed by atoms with Crippen molar-refractivity contribution >= 4 is 95.7 Å². The fourth-order valence-corrected chi connectivity index (χ4v) is 19.1. The van der Waals surface area contributed by atoms with E-state index in [0.29, 0.717) is 28.8 Å². The Morgan fingerprint density at radius 1 is 0.605 bits per heavy atom. The molecule has 4 aliphatic heterocycles. The highest BCUT2D eigenvalue weighted by molar-refractivity contribution is 8.08. The Kier molecular flexibility index (Phi) is 12.2. The third-order valence-corrected chi connectivity index (χ3v) is 23.6. The van der Waals surface area contributed by atoms with Crippen LogP contribution in [0.3, 0.4) is 0 Å². The molecule has 1 aromatic heterocycles. The van der Waals surface area contributed by atoms with E-state index in [1.54, 1.807) is 91.9 Å². The first-order valence-electron chi connectivity index (χ1n) is 25.6. The van der Waals surface area contributed by atoms with Gasteiger partial charge in [-0.05, 0) is 86.0 Å². The smallest absolute Gasteiger partial charge is 0.377 e. The summed E-state index contributed by atoms with van der Waals surface area (Å²) < 4.78 is 92.7. The lowest BCUT2D eigenvalue weighted by Gasteiger charge is -2.38. The summed E-state index contributed by atoms with van der Waals surface area (Å²) in [6.07, 6.45) is 2.66. The fraction of sp³-hybridized carbons (Fsp3) is 0.100. The molecule has 0 spiro atoms. The molecule has 0 radical (unpaired) electrons. The number of amidine groups is 4. The van der Waals surface area contributed by atoms with Gasteiger partial charge in [-0.3, -0.25) is 14.1 Å². The summed E-state index contributed by atoms with van der Waals surface area (Å²) in [5.41, 5.74) is 0.697. The van der Waals surface area contributed by atoms with Crippen LogP contribution in [-0.2, 0) is 35.2 Å². The van der Waals surface area contributed by atoms with Crippen LogP contribution in [0.15, 0.2) is 243 Å². The third kappa shape index (κ3) is 8.00. The van der Waals surface area contributed by atoms with E-state index < -0.39 is 44.1 Å². The highest BCUT2D eigenvalue weighted by Crippen LogP contribution is 2.53. The summed E-state index contributed by atoms with van der Waals surface area (Å²) in [6, 6.07) is 47.4. The van der Waals surface area contributed by atoms with Crippen molar-refractivity contribution in [2.24, 2.45) is 20.0 Å². The molecule has 0 saturated heterocycles. The second-order valence-electron chi connectivity index (χ2n) is 20.0. The molecule has 1 aliphatic carbocycles. The quantitative estimate of drug-likeness (QED) is 0.0991. The van der Waals surface area contributed by atoms with E-state index in [1.165, 1.54) is 79.5 Å². The average molecular weight is 1170 g/mol.